The van der Waals surface area contributed by atoms with Crippen LogP contribution in [0.3, 0.4) is 0 Å². The van der Waals surface area contributed by atoms with Crippen LogP contribution < -0.4 is 4.90 Å². The van der Waals surface area contributed by atoms with Crippen LogP contribution >= 0.6 is 11.6 Å². The molecule has 1 amide bonds. The van der Waals surface area contributed by atoms with Crippen LogP contribution in [0.25, 0.3) is 22.6 Å². The van der Waals surface area contributed by atoms with E-state index in [4.69, 9.17) is 21.3 Å². The number of hydrogen-bond acceptors (Lipinski definition) is 5. The maximum absolute atomic E-state index is 13.2. The number of nitrogens with zero attached hydrogens (tertiary/aromatic N) is 4. The summed E-state index contributed by atoms with van der Waals surface area (Å²) in [5.41, 5.74) is 6.06. The van der Waals surface area contributed by atoms with E-state index in [2.05, 4.69) is 27.0 Å². The van der Waals surface area contributed by atoms with Gasteiger partial charge in [-0.3, -0.25) is 14.8 Å². The molecule has 3 atom stereocenters. The number of H-pyrrole nitrogens is 2. The van der Waals surface area contributed by atoms with Crippen LogP contribution in [-0.4, -0.2) is 70.4 Å². The van der Waals surface area contributed by atoms with Crippen LogP contribution in [0.2, 0.25) is 5.02 Å². The molecule has 3 heterocycles. The van der Waals surface area contributed by atoms with E-state index in [1.54, 1.807) is 11.9 Å². The minimum Gasteiger partial charge on any atom is -0.379 e. The molecule has 1 unspecified atom stereocenters. The third kappa shape index (κ3) is 3.47. The third-order valence-corrected chi connectivity index (χ3v) is 8.24. The number of carbonyl (C=O) groups is 1. The number of aromatic nitrogens is 4. The van der Waals surface area contributed by atoms with Gasteiger partial charge in [-0.1, -0.05) is 18.5 Å². The summed E-state index contributed by atoms with van der Waals surface area (Å²) in [6, 6.07) is 3.51. The number of rotatable bonds is 4. The van der Waals surface area contributed by atoms with Gasteiger partial charge in [0.05, 0.1) is 35.3 Å². The average molecular weight is 469 g/mol. The number of imidazole rings is 1. The first kappa shape index (κ1) is 21.1. The van der Waals surface area contributed by atoms with E-state index in [1.807, 2.05) is 19.1 Å². The number of fused-ring (bicyclic) bond motifs is 3. The number of nitrogens with one attached hydrogen (secondary N) is 2. The highest BCUT2D eigenvalue weighted by molar-refractivity contribution is 6.35. The Hall–Kier alpha value is -2.42. The Morgan fingerprint density at radius 3 is 2.94 bits per heavy atom. The molecule has 3 aromatic rings. The lowest BCUT2D eigenvalue weighted by Gasteiger charge is -2.33. The second-order valence-electron chi connectivity index (χ2n) is 10.1. The van der Waals surface area contributed by atoms with Gasteiger partial charge in [0, 0.05) is 37.1 Å². The fraction of sp³-hybridized carbons (Fsp3) is 0.542. The number of amides is 1. The number of halogens is 1. The largest absolute Gasteiger partial charge is 0.379 e. The molecule has 174 valence electrons. The van der Waals surface area contributed by atoms with E-state index >= 15 is 0 Å². The molecule has 9 heteroatoms. The molecule has 6 rings (SSSR count). The zero-order chi connectivity index (χ0) is 22.9. The molecule has 0 bridgehead atoms. The van der Waals surface area contributed by atoms with Gasteiger partial charge in [0.1, 0.15) is 5.69 Å². The summed E-state index contributed by atoms with van der Waals surface area (Å²) in [4.78, 5) is 25.2. The van der Waals surface area contributed by atoms with Gasteiger partial charge in [0.15, 0.2) is 5.82 Å². The van der Waals surface area contributed by atoms with Crippen molar-refractivity contribution >= 4 is 34.2 Å². The monoisotopic (exact) mass is 468 g/mol. The van der Waals surface area contributed by atoms with Crippen molar-refractivity contribution in [2.75, 3.05) is 38.3 Å². The second-order valence-corrected chi connectivity index (χ2v) is 10.5. The Labute approximate surface area is 197 Å². The number of anilines is 1. The molecule has 1 aliphatic heterocycles. The van der Waals surface area contributed by atoms with Gasteiger partial charge < -0.3 is 14.6 Å². The maximum Gasteiger partial charge on any atom is 0.243 e. The number of likely N-dealkylation sites (N-methyl/N-ethyl adjacent to an activating group) is 1. The first-order valence-corrected chi connectivity index (χ1v) is 12.1. The first-order chi connectivity index (χ1) is 15.8. The summed E-state index contributed by atoms with van der Waals surface area (Å²) in [7, 11) is 1.79. The number of hydrogen-bond donors (Lipinski definition) is 2. The average Bonchev–Trinajstić information content (AvgIpc) is 3.11. The van der Waals surface area contributed by atoms with Gasteiger partial charge in [-0.05, 0) is 49.7 Å². The van der Waals surface area contributed by atoms with Gasteiger partial charge in [-0.25, -0.2) is 4.98 Å². The van der Waals surface area contributed by atoms with Gasteiger partial charge in [-0.2, -0.15) is 5.10 Å². The summed E-state index contributed by atoms with van der Waals surface area (Å²) in [6.07, 6.45) is 3.39. The topological polar surface area (TPSA) is 90.1 Å². The van der Waals surface area contributed by atoms with E-state index in [1.165, 1.54) is 17.7 Å². The molecule has 2 aromatic heterocycles. The van der Waals surface area contributed by atoms with Crippen LogP contribution in [0.15, 0.2) is 12.1 Å². The Morgan fingerprint density at radius 1 is 1.36 bits per heavy atom. The number of aromatic amines is 2. The fourth-order valence-electron chi connectivity index (χ4n) is 5.54. The Morgan fingerprint density at radius 2 is 2.15 bits per heavy atom. The van der Waals surface area contributed by atoms with Crippen LogP contribution in [0, 0.1) is 11.3 Å². The molecule has 0 spiro atoms. The van der Waals surface area contributed by atoms with Crippen molar-refractivity contribution in [2.24, 2.45) is 11.3 Å². The number of morpholine rings is 1. The minimum absolute atomic E-state index is 0.0249. The molecule has 1 saturated heterocycles. The standard InChI is InChI=1S/C24H29ClN6O2/c1-13(31-4-6-33-7-5-31)23(32)30(3)15-9-17(25)21-18(10-15)26-22(27-21)20-16-8-14-11-24(14,2)12-19(16)28-29-20/h9-10,13-14H,4-8,11-12H2,1-3H3,(H,26,27)(H,28,29)/t13?,14-,24-/m1/s1. The van der Waals surface area contributed by atoms with Crippen molar-refractivity contribution in [2.45, 2.75) is 39.2 Å². The summed E-state index contributed by atoms with van der Waals surface area (Å²) in [6.45, 7) is 7.15. The zero-order valence-electron chi connectivity index (χ0n) is 19.2. The Balaban J connectivity index is 1.29. The highest BCUT2D eigenvalue weighted by atomic mass is 35.5. The molecule has 2 N–H and O–H groups in total. The predicted molar refractivity (Wildman–Crippen MR) is 128 cm³/mol. The zero-order valence-corrected chi connectivity index (χ0v) is 20.0. The summed E-state index contributed by atoms with van der Waals surface area (Å²) in [5.74, 6) is 1.49. The lowest BCUT2D eigenvalue weighted by atomic mass is 9.88. The molecular weight excluding hydrogens is 440 g/mol. The maximum atomic E-state index is 13.2. The number of ether oxygens (including phenoxy) is 1. The molecule has 0 radical (unpaired) electrons. The fourth-order valence-corrected chi connectivity index (χ4v) is 5.80. The third-order valence-electron chi connectivity index (χ3n) is 7.94. The van der Waals surface area contributed by atoms with E-state index in [-0.39, 0.29) is 11.9 Å². The predicted octanol–water partition coefficient (Wildman–Crippen LogP) is 3.41. The van der Waals surface area contributed by atoms with E-state index < -0.39 is 0 Å². The molecule has 2 aliphatic carbocycles. The van der Waals surface area contributed by atoms with Crippen LogP contribution in [-0.2, 0) is 22.4 Å². The molecule has 33 heavy (non-hydrogen) atoms. The highest BCUT2D eigenvalue weighted by Crippen LogP contribution is 2.59. The smallest absolute Gasteiger partial charge is 0.243 e. The molecule has 1 saturated carbocycles. The minimum atomic E-state index is -0.230. The van der Waals surface area contributed by atoms with Crippen molar-refractivity contribution in [3.05, 3.63) is 28.4 Å². The lowest BCUT2D eigenvalue weighted by Crippen LogP contribution is -2.50. The Bertz CT molecular complexity index is 1250. The molecular formula is C24H29ClN6O2. The van der Waals surface area contributed by atoms with Gasteiger partial charge >= 0.3 is 0 Å². The van der Waals surface area contributed by atoms with Crippen molar-refractivity contribution < 1.29 is 9.53 Å². The quantitative estimate of drug-likeness (QED) is 0.612. The first-order valence-electron chi connectivity index (χ1n) is 11.7. The summed E-state index contributed by atoms with van der Waals surface area (Å²) >= 11 is 6.64. The van der Waals surface area contributed by atoms with Crippen molar-refractivity contribution in [3.8, 4) is 11.5 Å². The van der Waals surface area contributed by atoms with Gasteiger partial charge in [0.2, 0.25) is 5.91 Å². The summed E-state index contributed by atoms with van der Waals surface area (Å²) < 4.78 is 5.42. The van der Waals surface area contributed by atoms with Crippen LogP contribution in [0.1, 0.15) is 31.5 Å². The van der Waals surface area contributed by atoms with Gasteiger partial charge in [-0.15, -0.1) is 0 Å². The second kappa shape index (κ2) is 7.55. The number of carbonyl (C=O) groups excluding carboxylic acids is 1. The molecule has 3 aliphatic rings. The van der Waals surface area contributed by atoms with Crippen molar-refractivity contribution in [3.63, 3.8) is 0 Å². The van der Waals surface area contributed by atoms with Crippen LogP contribution in [0.4, 0.5) is 5.69 Å². The molecule has 8 nitrogen and oxygen atoms in total. The Kier molecular flexibility index (Phi) is 4.83. The van der Waals surface area contributed by atoms with E-state index in [9.17, 15) is 4.79 Å². The van der Waals surface area contributed by atoms with Crippen molar-refractivity contribution in [1.29, 1.82) is 0 Å². The molecule has 2 fully saturated rings. The molecule has 1 aromatic carbocycles. The highest BCUT2D eigenvalue weighted by Gasteiger charge is 2.53. The van der Waals surface area contributed by atoms with Gasteiger partial charge in [0.25, 0.3) is 0 Å². The van der Waals surface area contributed by atoms with E-state index in [0.29, 0.717) is 23.7 Å². The number of benzene rings is 1. The summed E-state index contributed by atoms with van der Waals surface area (Å²) in [5, 5.41) is 8.38. The van der Waals surface area contributed by atoms with E-state index in [0.717, 1.165) is 60.1 Å². The lowest BCUT2D eigenvalue weighted by molar-refractivity contribution is -0.124. The van der Waals surface area contributed by atoms with Crippen LogP contribution in [0.5, 0.6) is 0 Å². The normalized spacial score (nSPS) is 25.5. The van der Waals surface area contributed by atoms with Crippen molar-refractivity contribution in [1.82, 2.24) is 25.1 Å². The SMILES string of the molecule is CC(C(=O)N(C)c1cc(Cl)c2[nH]c(-c3n[nH]c4c3C[C@@H]3C[C@]3(C)C4)nc2c1)N1CCOCC1.